The van der Waals surface area contributed by atoms with Crippen molar-refractivity contribution in [2.75, 3.05) is 0 Å². The molecule has 0 saturated carbocycles. The third-order valence-electron chi connectivity index (χ3n) is 2.57. The maximum Gasteiger partial charge on any atom is 0.347 e. The van der Waals surface area contributed by atoms with E-state index < -0.39 is 0 Å². The number of para-hydroxylation sites is 2. The molecule has 5 heteroatoms. The van der Waals surface area contributed by atoms with Gasteiger partial charge in [-0.15, -0.1) is 0 Å². The summed E-state index contributed by atoms with van der Waals surface area (Å²) in [6, 6.07) is 11.1. The van der Waals surface area contributed by atoms with Crippen molar-refractivity contribution in [3.05, 3.63) is 64.8 Å². The summed E-state index contributed by atoms with van der Waals surface area (Å²) < 4.78 is 1.34. The standard InChI is InChI=1S/C13H10N4O/c18-13-16-11-5-1-2-6-12(11)17(13)15-9-10-4-3-7-14-8-10/h1-9H,(H,16,18). The van der Waals surface area contributed by atoms with Crippen LogP contribution < -0.4 is 5.69 Å². The number of benzene rings is 1. The Kier molecular flexibility index (Phi) is 2.49. The van der Waals surface area contributed by atoms with Gasteiger partial charge in [0, 0.05) is 18.0 Å². The van der Waals surface area contributed by atoms with Crippen molar-refractivity contribution >= 4 is 17.2 Å². The van der Waals surface area contributed by atoms with Crippen LogP contribution in [-0.2, 0) is 0 Å². The zero-order valence-electron chi connectivity index (χ0n) is 9.45. The Morgan fingerprint density at radius 2 is 2.11 bits per heavy atom. The molecule has 5 nitrogen and oxygen atoms in total. The van der Waals surface area contributed by atoms with Crippen LogP contribution in [0.2, 0.25) is 0 Å². The molecule has 18 heavy (non-hydrogen) atoms. The van der Waals surface area contributed by atoms with E-state index >= 15 is 0 Å². The number of nitrogens with one attached hydrogen (secondary N) is 1. The number of nitrogens with zero attached hydrogens (tertiary/aromatic N) is 3. The van der Waals surface area contributed by atoms with Crippen LogP contribution in [-0.4, -0.2) is 20.9 Å². The van der Waals surface area contributed by atoms with E-state index in [0.29, 0.717) is 0 Å². The molecule has 0 radical (unpaired) electrons. The first-order valence-corrected chi connectivity index (χ1v) is 5.49. The van der Waals surface area contributed by atoms with Crippen molar-refractivity contribution in [2.24, 2.45) is 5.10 Å². The highest BCUT2D eigenvalue weighted by atomic mass is 16.2. The maximum absolute atomic E-state index is 11.7. The van der Waals surface area contributed by atoms with E-state index in [4.69, 9.17) is 0 Å². The second-order valence-corrected chi connectivity index (χ2v) is 3.79. The molecule has 0 aliphatic heterocycles. The number of pyridine rings is 1. The van der Waals surface area contributed by atoms with E-state index in [1.54, 1.807) is 18.6 Å². The highest BCUT2D eigenvalue weighted by Crippen LogP contribution is 2.08. The summed E-state index contributed by atoms with van der Waals surface area (Å²) in [4.78, 5) is 18.5. The zero-order valence-corrected chi connectivity index (χ0v) is 9.45. The topological polar surface area (TPSA) is 63.0 Å². The molecule has 3 aromatic rings. The first-order valence-electron chi connectivity index (χ1n) is 5.49. The fraction of sp³-hybridized carbons (Fsp3) is 0. The third-order valence-corrected chi connectivity index (χ3v) is 2.57. The van der Waals surface area contributed by atoms with Crippen LogP contribution in [0.25, 0.3) is 11.0 Å². The lowest BCUT2D eigenvalue weighted by Gasteiger charge is -1.94. The SMILES string of the molecule is O=c1[nH]c2ccccc2n1N=Cc1cccnc1. The van der Waals surface area contributed by atoms with Crippen molar-refractivity contribution < 1.29 is 0 Å². The maximum atomic E-state index is 11.7. The monoisotopic (exact) mass is 238 g/mol. The molecule has 2 aromatic heterocycles. The van der Waals surface area contributed by atoms with Gasteiger partial charge in [0.15, 0.2) is 0 Å². The number of aromatic amines is 1. The van der Waals surface area contributed by atoms with Crippen LogP contribution in [0.3, 0.4) is 0 Å². The van der Waals surface area contributed by atoms with Crippen molar-refractivity contribution in [2.45, 2.75) is 0 Å². The minimum atomic E-state index is -0.253. The summed E-state index contributed by atoms with van der Waals surface area (Å²) in [5.41, 5.74) is 2.11. The van der Waals surface area contributed by atoms with E-state index in [0.717, 1.165) is 16.6 Å². The first kappa shape index (κ1) is 10.5. The van der Waals surface area contributed by atoms with Gasteiger partial charge in [0.25, 0.3) is 0 Å². The lowest BCUT2D eigenvalue weighted by molar-refractivity contribution is 0.863. The lowest BCUT2D eigenvalue weighted by atomic mass is 10.3. The second-order valence-electron chi connectivity index (χ2n) is 3.79. The van der Waals surface area contributed by atoms with Gasteiger partial charge in [-0.05, 0) is 18.2 Å². The number of rotatable bonds is 2. The minimum absolute atomic E-state index is 0.253. The molecule has 0 bridgehead atoms. The normalized spacial score (nSPS) is 11.3. The quantitative estimate of drug-likeness (QED) is 0.689. The molecule has 3 rings (SSSR count). The lowest BCUT2D eigenvalue weighted by Crippen LogP contribution is -2.12. The molecular weight excluding hydrogens is 228 g/mol. The molecule has 0 aliphatic carbocycles. The summed E-state index contributed by atoms with van der Waals surface area (Å²) in [6.45, 7) is 0. The molecule has 0 saturated heterocycles. The summed E-state index contributed by atoms with van der Waals surface area (Å²) in [5.74, 6) is 0. The van der Waals surface area contributed by atoms with Crippen molar-refractivity contribution in [1.82, 2.24) is 14.6 Å². The van der Waals surface area contributed by atoms with E-state index in [9.17, 15) is 4.79 Å². The smallest absolute Gasteiger partial charge is 0.304 e. The highest BCUT2D eigenvalue weighted by molar-refractivity contribution is 5.80. The van der Waals surface area contributed by atoms with Gasteiger partial charge in [-0.2, -0.15) is 9.78 Å². The Balaban J connectivity index is 2.08. The Hall–Kier alpha value is -2.69. The molecule has 1 aromatic carbocycles. The molecule has 0 amide bonds. The average Bonchev–Trinajstić information content (AvgIpc) is 2.73. The molecule has 0 fully saturated rings. The van der Waals surface area contributed by atoms with Crippen LogP contribution in [0.15, 0.2) is 58.7 Å². The van der Waals surface area contributed by atoms with E-state index in [2.05, 4.69) is 15.1 Å². The van der Waals surface area contributed by atoms with Crippen molar-refractivity contribution in [3.63, 3.8) is 0 Å². The third kappa shape index (κ3) is 1.82. The number of H-pyrrole nitrogens is 1. The summed E-state index contributed by atoms with van der Waals surface area (Å²) in [7, 11) is 0. The number of imidazole rings is 1. The first-order chi connectivity index (χ1) is 8.84. The van der Waals surface area contributed by atoms with Gasteiger partial charge in [-0.25, -0.2) is 4.79 Å². The van der Waals surface area contributed by atoms with Crippen LogP contribution >= 0.6 is 0 Å². The summed E-state index contributed by atoms with van der Waals surface area (Å²) in [5, 5.41) is 4.17. The number of aromatic nitrogens is 3. The highest BCUT2D eigenvalue weighted by Gasteiger charge is 2.03. The van der Waals surface area contributed by atoms with Gasteiger partial charge in [0.1, 0.15) is 0 Å². The fourth-order valence-corrected chi connectivity index (χ4v) is 1.73. The van der Waals surface area contributed by atoms with Crippen LogP contribution in [0.5, 0.6) is 0 Å². The number of hydrogen-bond donors (Lipinski definition) is 1. The molecule has 88 valence electrons. The van der Waals surface area contributed by atoms with Crippen LogP contribution in [0.1, 0.15) is 5.56 Å². The van der Waals surface area contributed by atoms with E-state index in [-0.39, 0.29) is 5.69 Å². The van der Waals surface area contributed by atoms with Gasteiger partial charge in [-0.3, -0.25) is 4.98 Å². The minimum Gasteiger partial charge on any atom is -0.304 e. The Labute approximate surface area is 102 Å². The fourth-order valence-electron chi connectivity index (χ4n) is 1.73. The average molecular weight is 238 g/mol. The second kappa shape index (κ2) is 4.29. The van der Waals surface area contributed by atoms with Gasteiger partial charge in [0.2, 0.25) is 0 Å². The van der Waals surface area contributed by atoms with Crippen molar-refractivity contribution in [3.8, 4) is 0 Å². The van der Waals surface area contributed by atoms with Gasteiger partial charge in [0.05, 0.1) is 17.2 Å². The molecule has 1 N–H and O–H groups in total. The van der Waals surface area contributed by atoms with Gasteiger partial charge >= 0.3 is 5.69 Å². The van der Waals surface area contributed by atoms with Gasteiger partial charge < -0.3 is 4.98 Å². The van der Waals surface area contributed by atoms with E-state index in [1.807, 2.05) is 36.4 Å². The number of fused-ring (bicyclic) bond motifs is 1. The summed E-state index contributed by atoms with van der Waals surface area (Å²) in [6.07, 6.45) is 4.98. The molecule has 0 atom stereocenters. The largest absolute Gasteiger partial charge is 0.347 e. The van der Waals surface area contributed by atoms with Crippen LogP contribution in [0, 0.1) is 0 Å². The molecular formula is C13H10N4O. The van der Waals surface area contributed by atoms with E-state index in [1.165, 1.54) is 4.68 Å². The summed E-state index contributed by atoms with van der Waals surface area (Å²) >= 11 is 0. The Morgan fingerprint density at radius 3 is 2.94 bits per heavy atom. The number of hydrogen-bond acceptors (Lipinski definition) is 3. The molecule has 0 unspecified atom stereocenters. The van der Waals surface area contributed by atoms with Crippen molar-refractivity contribution in [1.29, 1.82) is 0 Å². The zero-order chi connectivity index (χ0) is 12.4. The van der Waals surface area contributed by atoms with Crippen LogP contribution in [0.4, 0.5) is 0 Å². The predicted molar refractivity (Wildman–Crippen MR) is 69.8 cm³/mol. The molecule has 0 spiro atoms. The van der Waals surface area contributed by atoms with Gasteiger partial charge in [-0.1, -0.05) is 18.2 Å². The predicted octanol–water partition coefficient (Wildman–Crippen LogP) is 1.61. The Morgan fingerprint density at radius 1 is 1.22 bits per heavy atom. The molecule has 2 heterocycles. The Bertz CT molecular complexity index is 755. The molecule has 0 aliphatic rings.